The van der Waals surface area contributed by atoms with E-state index >= 15 is 0 Å². The predicted molar refractivity (Wildman–Crippen MR) is 139 cm³/mol. The fraction of sp³-hybridized carbons (Fsp3) is 0.154. The molecule has 3 aromatic carbocycles. The van der Waals surface area contributed by atoms with Gasteiger partial charge in [-0.1, -0.05) is 63.9 Å². The van der Waals surface area contributed by atoms with Crippen molar-refractivity contribution in [3.8, 4) is 11.5 Å². The minimum atomic E-state index is -0.310. The quantitative estimate of drug-likeness (QED) is 0.271. The molecule has 0 N–H and O–H groups in total. The largest absolute Gasteiger partial charge is 0.490 e. The number of hydrogen-bond donors (Lipinski definition) is 0. The molecule has 1 heterocycles. The summed E-state index contributed by atoms with van der Waals surface area (Å²) in [4.78, 5) is 27.0. The number of nitrogens with zero attached hydrogens (tertiary/aromatic N) is 1. The Morgan fingerprint density at radius 2 is 1.76 bits per heavy atom. The number of amides is 2. The van der Waals surface area contributed by atoms with E-state index in [2.05, 4.69) is 15.9 Å². The third kappa shape index (κ3) is 5.84. The summed E-state index contributed by atoms with van der Waals surface area (Å²) in [6.45, 7) is 2.87. The lowest BCUT2D eigenvalue weighted by Gasteiger charge is -2.13. The maximum absolute atomic E-state index is 12.9. The average Bonchev–Trinajstić information content (AvgIpc) is 3.08. The Morgan fingerprint density at radius 3 is 2.50 bits per heavy atom. The van der Waals surface area contributed by atoms with Crippen LogP contribution < -0.4 is 9.47 Å². The molecule has 0 aliphatic carbocycles. The van der Waals surface area contributed by atoms with Crippen LogP contribution in [-0.4, -0.2) is 22.7 Å². The highest BCUT2D eigenvalue weighted by molar-refractivity contribution is 9.10. The van der Waals surface area contributed by atoms with Crippen molar-refractivity contribution in [3.63, 3.8) is 0 Å². The third-order valence-electron chi connectivity index (χ3n) is 5.03. The highest BCUT2D eigenvalue weighted by atomic mass is 79.9. The molecule has 1 fully saturated rings. The maximum Gasteiger partial charge on any atom is 0.293 e. The van der Waals surface area contributed by atoms with Crippen LogP contribution in [0.15, 0.2) is 76.1 Å². The minimum absolute atomic E-state index is 0.230. The summed E-state index contributed by atoms with van der Waals surface area (Å²) in [6.07, 6.45) is 1.70. The van der Waals surface area contributed by atoms with Crippen molar-refractivity contribution in [1.29, 1.82) is 0 Å². The minimum Gasteiger partial charge on any atom is -0.490 e. The molecule has 0 aromatic heterocycles. The fourth-order valence-corrected chi connectivity index (χ4v) is 4.63. The first kappa shape index (κ1) is 24.4. The number of thioether (sulfide) groups is 1. The molecule has 0 atom stereocenters. The second-order valence-corrected chi connectivity index (χ2v) is 9.73. The Bertz CT molecular complexity index is 1250. The molecular weight excluding hydrogens is 538 g/mol. The summed E-state index contributed by atoms with van der Waals surface area (Å²) in [6, 6.07) is 20.4. The van der Waals surface area contributed by atoms with E-state index in [0.717, 1.165) is 32.9 Å². The van der Waals surface area contributed by atoms with Gasteiger partial charge in [-0.2, -0.15) is 0 Å². The smallest absolute Gasteiger partial charge is 0.293 e. The van der Waals surface area contributed by atoms with Gasteiger partial charge >= 0.3 is 0 Å². The van der Waals surface area contributed by atoms with E-state index in [1.807, 2.05) is 61.5 Å². The summed E-state index contributed by atoms with van der Waals surface area (Å²) in [5.41, 5.74) is 2.49. The number of carbonyl (C=O) groups is 2. The van der Waals surface area contributed by atoms with E-state index in [-0.39, 0.29) is 17.7 Å². The van der Waals surface area contributed by atoms with Crippen molar-refractivity contribution in [1.82, 2.24) is 4.90 Å². The van der Waals surface area contributed by atoms with Crippen molar-refractivity contribution >= 4 is 56.5 Å². The van der Waals surface area contributed by atoms with Gasteiger partial charge in [-0.15, -0.1) is 0 Å². The monoisotopic (exact) mass is 557 g/mol. The molecule has 0 radical (unpaired) electrons. The van der Waals surface area contributed by atoms with E-state index in [0.29, 0.717) is 34.6 Å². The molecule has 2 amide bonds. The first-order valence-electron chi connectivity index (χ1n) is 10.6. The first-order chi connectivity index (χ1) is 16.4. The van der Waals surface area contributed by atoms with Crippen molar-refractivity contribution in [2.24, 2.45) is 0 Å². The number of imide groups is 1. The molecule has 0 spiro atoms. The van der Waals surface area contributed by atoms with Crippen LogP contribution in [0.1, 0.15) is 23.6 Å². The highest BCUT2D eigenvalue weighted by Crippen LogP contribution is 2.36. The number of rotatable bonds is 8. The molecule has 5 nitrogen and oxygen atoms in total. The fourth-order valence-electron chi connectivity index (χ4n) is 3.33. The van der Waals surface area contributed by atoms with Gasteiger partial charge in [0.1, 0.15) is 6.61 Å². The van der Waals surface area contributed by atoms with E-state index in [1.54, 1.807) is 18.2 Å². The van der Waals surface area contributed by atoms with Crippen LogP contribution >= 0.6 is 39.3 Å². The number of halogens is 2. The van der Waals surface area contributed by atoms with Crippen LogP contribution in [0.3, 0.4) is 0 Å². The SMILES string of the molecule is CCOc1cc(/C=C2\SC(=O)N(Cc3ccc(Br)cc3)C2=O)ccc1OCc1ccccc1Cl. The van der Waals surface area contributed by atoms with Gasteiger partial charge in [0.05, 0.1) is 18.1 Å². The molecule has 174 valence electrons. The van der Waals surface area contributed by atoms with Crippen molar-refractivity contribution in [2.45, 2.75) is 20.1 Å². The summed E-state index contributed by atoms with van der Waals surface area (Å²) in [5.74, 6) is 0.814. The standard InChI is InChI=1S/C26H21BrClNO4S/c1-2-32-23-13-18(9-12-22(23)33-16-19-5-3-4-6-21(19)28)14-24-25(30)29(26(31)34-24)15-17-7-10-20(27)11-8-17/h3-14H,2,15-16H2,1H3/b24-14-. The molecule has 8 heteroatoms. The normalized spacial score (nSPS) is 14.7. The zero-order valence-corrected chi connectivity index (χ0v) is 21.5. The van der Waals surface area contributed by atoms with E-state index in [1.165, 1.54) is 4.90 Å². The van der Waals surface area contributed by atoms with Gasteiger partial charge in [0.25, 0.3) is 11.1 Å². The van der Waals surface area contributed by atoms with Gasteiger partial charge in [0.2, 0.25) is 0 Å². The van der Waals surface area contributed by atoms with Crippen LogP contribution in [0.4, 0.5) is 4.79 Å². The maximum atomic E-state index is 12.9. The molecule has 0 saturated carbocycles. The van der Waals surface area contributed by atoms with Gasteiger partial charge in [-0.3, -0.25) is 14.5 Å². The van der Waals surface area contributed by atoms with Gasteiger partial charge < -0.3 is 9.47 Å². The Labute approximate surface area is 215 Å². The van der Waals surface area contributed by atoms with Gasteiger partial charge in [0.15, 0.2) is 11.5 Å². The number of carbonyl (C=O) groups excluding carboxylic acids is 2. The molecule has 1 aliphatic heterocycles. The van der Waals surface area contributed by atoms with Gasteiger partial charge in [0, 0.05) is 15.1 Å². The third-order valence-corrected chi connectivity index (χ3v) is 6.84. The molecule has 0 unspecified atom stereocenters. The second kappa shape index (κ2) is 11.1. The van der Waals surface area contributed by atoms with Crippen molar-refractivity contribution < 1.29 is 19.1 Å². The lowest BCUT2D eigenvalue weighted by atomic mass is 10.1. The average molecular weight is 559 g/mol. The Morgan fingerprint density at radius 1 is 1.00 bits per heavy atom. The summed E-state index contributed by atoms with van der Waals surface area (Å²) in [5, 5.41) is 0.347. The molecule has 1 saturated heterocycles. The van der Waals surface area contributed by atoms with E-state index in [4.69, 9.17) is 21.1 Å². The number of hydrogen-bond acceptors (Lipinski definition) is 5. The van der Waals surface area contributed by atoms with Crippen molar-refractivity contribution in [2.75, 3.05) is 6.61 Å². The Balaban J connectivity index is 1.51. The topological polar surface area (TPSA) is 55.8 Å². The first-order valence-corrected chi connectivity index (χ1v) is 12.6. The Kier molecular flexibility index (Phi) is 7.98. The van der Waals surface area contributed by atoms with E-state index in [9.17, 15) is 9.59 Å². The van der Waals surface area contributed by atoms with Gasteiger partial charge in [-0.05, 0) is 66.2 Å². The van der Waals surface area contributed by atoms with Crippen LogP contribution in [0, 0.1) is 0 Å². The van der Waals surface area contributed by atoms with E-state index < -0.39 is 0 Å². The van der Waals surface area contributed by atoms with Gasteiger partial charge in [-0.25, -0.2) is 0 Å². The van der Waals surface area contributed by atoms with Crippen LogP contribution in [0.5, 0.6) is 11.5 Å². The number of benzene rings is 3. The second-order valence-electron chi connectivity index (χ2n) is 7.41. The zero-order chi connectivity index (χ0) is 24.1. The lowest BCUT2D eigenvalue weighted by Crippen LogP contribution is -2.27. The summed E-state index contributed by atoms with van der Waals surface area (Å²) in [7, 11) is 0. The highest BCUT2D eigenvalue weighted by Gasteiger charge is 2.35. The predicted octanol–water partition coefficient (Wildman–Crippen LogP) is 7.32. The lowest BCUT2D eigenvalue weighted by molar-refractivity contribution is -0.123. The Hall–Kier alpha value is -2.74. The molecule has 1 aliphatic rings. The molecule has 3 aromatic rings. The summed E-state index contributed by atoms with van der Waals surface area (Å²) >= 11 is 10.5. The molecule has 0 bridgehead atoms. The molecule has 4 rings (SSSR count). The molecular formula is C26H21BrClNO4S. The van der Waals surface area contributed by atoms with Crippen LogP contribution in [-0.2, 0) is 17.9 Å². The molecule has 34 heavy (non-hydrogen) atoms. The van der Waals surface area contributed by atoms with Crippen LogP contribution in [0.2, 0.25) is 5.02 Å². The van der Waals surface area contributed by atoms with Crippen molar-refractivity contribution in [3.05, 3.63) is 97.8 Å². The number of ether oxygens (including phenoxy) is 2. The van der Waals surface area contributed by atoms with Crippen LogP contribution in [0.25, 0.3) is 6.08 Å². The summed E-state index contributed by atoms with van der Waals surface area (Å²) < 4.78 is 12.6. The zero-order valence-electron chi connectivity index (χ0n) is 18.3.